The molecule has 0 unspecified atom stereocenters. The minimum Gasteiger partial charge on any atom is -0.455 e. The van der Waals surface area contributed by atoms with Crippen molar-refractivity contribution in [3.8, 4) is 67.5 Å². The number of fused-ring (bicyclic) bond motifs is 3. The number of aromatic nitrogens is 3. The molecule has 9 aromatic rings. The van der Waals surface area contributed by atoms with Gasteiger partial charge in [-0.05, 0) is 46.0 Å². The zero-order valence-corrected chi connectivity index (χ0v) is 24.7. The van der Waals surface area contributed by atoms with Crippen molar-refractivity contribution >= 4 is 21.9 Å². The van der Waals surface area contributed by atoms with Crippen molar-refractivity contribution in [3.63, 3.8) is 0 Å². The Kier molecular flexibility index (Phi) is 3.35. The molecule has 4 nitrogen and oxygen atoms in total. The molecule has 0 radical (unpaired) electrons. The Balaban J connectivity index is 1.36. The number of hydrogen-bond donors (Lipinski definition) is 0. The highest BCUT2D eigenvalue weighted by Crippen LogP contribution is 2.42. The molecule has 2 aromatic heterocycles. The van der Waals surface area contributed by atoms with E-state index in [4.69, 9.17) is 30.5 Å². The van der Waals surface area contributed by atoms with Crippen molar-refractivity contribution < 1.29 is 35.9 Å². The maximum Gasteiger partial charge on any atom is 0.164 e. The van der Waals surface area contributed by atoms with Crippen molar-refractivity contribution in [2.45, 2.75) is 0 Å². The molecule has 2 heterocycles. The quantitative estimate of drug-likeness (QED) is 0.180. The monoisotopic (exact) mass is 650 g/mol. The molecule has 0 atom stereocenters. The van der Waals surface area contributed by atoms with Crippen molar-refractivity contribution in [3.05, 3.63) is 175 Å². The minimum atomic E-state index is -0.874. The highest BCUT2D eigenvalue weighted by Gasteiger charge is 2.20. The van der Waals surface area contributed by atoms with E-state index in [1.807, 2.05) is 0 Å². The van der Waals surface area contributed by atoms with Gasteiger partial charge >= 0.3 is 0 Å². The summed E-state index contributed by atoms with van der Waals surface area (Å²) in [6.07, 6.45) is 0. The molecule has 0 aliphatic rings. The molecule has 0 saturated heterocycles. The molecule has 0 aliphatic heterocycles. The number of rotatable bonds is 6. The predicted molar refractivity (Wildman–Crippen MR) is 200 cm³/mol. The van der Waals surface area contributed by atoms with Crippen LogP contribution in [0.25, 0.3) is 89.5 Å². The molecule has 9 rings (SSSR count). The lowest BCUT2D eigenvalue weighted by atomic mass is 9.96. The topological polar surface area (TPSA) is 51.8 Å². The molecule has 7 aromatic carbocycles. The van der Waals surface area contributed by atoms with Crippen molar-refractivity contribution in [1.82, 2.24) is 15.0 Å². The SMILES string of the molecule is [2H]c1c([2H])c([2H])c(-c2nc(-c3c([2H])c([2H])c(-c4c([2H])c([2H])c([2H])c([2H])c4[2H])c([2H])c3[2H])nc(-c3ccc(-c4c([2H])c([2H])c(-c5c([2H])c([2H])c([2H])c([2H])c5[2H])c([2H])c4[2H])c4oc5ccccc5c34)n2)c([2H])c1[2H]. The van der Waals surface area contributed by atoms with E-state index in [0.29, 0.717) is 5.39 Å². The van der Waals surface area contributed by atoms with Gasteiger partial charge in [0.15, 0.2) is 17.5 Å². The lowest BCUT2D eigenvalue weighted by Gasteiger charge is -2.11. The van der Waals surface area contributed by atoms with Crippen LogP contribution >= 0.6 is 0 Å². The number of benzene rings is 7. The smallest absolute Gasteiger partial charge is 0.164 e. The van der Waals surface area contributed by atoms with Crippen LogP contribution in [-0.4, -0.2) is 15.0 Å². The summed E-state index contributed by atoms with van der Waals surface area (Å²) in [6, 6.07) is -8.83. The Labute approximate surface area is 316 Å². The number of hydrogen-bond acceptors (Lipinski definition) is 4. The normalized spacial score (nSPS) is 17.8. The summed E-state index contributed by atoms with van der Waals surface area (Å²) in [4.78, 5) is 13.5. The van der Waals surface area contributed by atoms with Gasteiger partial charge in [0.1, 0.15) is 11.2 Å². The number of furan rings is 1. The first-order valence-electron chi connectivity index (χ1n) is 26.0. The van der Waals surface area contributed by atoms with Gasteiger partial charge in [-0.25, -0.2) is 15.0 Å². The van der Waals surface area contributed by atoms with Gasteiger partial charge in [-0.1, -0.05) is 157 Å². The fourth-order valence-electron chi connectivity index (χ4n) is 5.16. The van der Waals surface area contributed by atoms with Gasteiger partial charge in [0, 0.05) is 33.0 Å². The van der Waals surface area contributed by atoms with Gasteiger partial charge in [-0.15, -0.1) is 0 Å². The minimum absolute atomic E-state index is 0.0213. The van der Waals surface area contributed by atoms with Gasteiger partial charge < -0.3 is 4.42 Å². The van der Waals surface area contributed by atoms with Crippen LogP contribution in [0.1, 0.15) is 31.5 Å². The van der Waals surface area contributed by atoms with Crippen LogP contribution in [0.3, 0.4) is 0 Å². The molecule has 0 aliphatic carbocycles. The average molecular weight is 651 g/mol. The lowest BCUT2D eigenvalue weighted by molar-refractivity contribution is 0.670. The summed E-state index contributed by atoms with van der Waals surface area (Å²) in [5.74, 6) is -1.63. The molecule has 0 bridgehead atoms. The molecule has 230 valence electrons. The van der Waals surface area contributed by atoms with Gasteiger partial charge in [0.2, 0.25) is 0 Å². The van der Waals surface area contributed by atoms with E-state index >= 15 is 0 Å². The second kappa shape index (κ2) is 12.2. The molecule has 0 N–H and O–H groups in total. The standard InChI is InChI=1S/C45H29N3O/c1-4-12-30(13-5-1)32-20-24-34(25-21-32)37-28-29-39(41-38-18-10-11-19-40(38)49-42(37)41)45-47-43(35-16-8-3-9-17-35)46-44(48-45)36-26-22-33(23-27-36)31-14-6-2-7-15-31/h1-29H/i1D,2D,3D,4D,5D,6D,7D,8D,9D,12D,13D,14D,15D,16D,17D,20D,21D,22D,23D,24D,25D,26D,27D. The first kappa shape index (κ1) is 13.5. The maximum absolute atomic E-state index is 9.20. The van der Waals surface area contributed by atoms with Gasteiger partial charge in [-0.2, -0.15) is 0 Å². The zero-order valence-electron chi connectivity index (χ0n) is 47.7. The summed E-state index contributed by atoms with van der Waals surface area (Å²) in [5.41, 5.74) is -3.84. The van der Waals surface area contributed by atoms with Crippen LogP contribution in [0.5, 0.6) is 0 Å². The Morgan fingerprint density at radius 1 is 0.388 bits per heavy atom. The fourth-order valence-corrected chi connectivity index (χ4v) is 5.16. The summed E-state index contributed by atoms with van der Waals surface area (Å²) in [6.45, 7) is 0. The van der Waals surface area contributed by atoms with E-state index in [1.165, 1.54) is 12.1 Å². The van der Waals surface area contributed by atoms with E-state index in [9.17, 15) is 5.48 Å². The molecule has 0 fully saturated rings. The zero-order chi connectivity index (χ0) is 52.6. The Hall–Kier alpha value is -6.65. The molecule has 49 heavy (non-hydrogen) atoms. The molecular weight excluding hydrogens is 599 g/mol. The molecule has 4 heteroatoms. The molecular formula is C45H29N3O. The van der Waals surface area contributed by atoms with Gasteiger partial charge in [0.25, 0.3) is 0 Å². The summed E-state index contributed by atoms with van der Waals surface area (Å²) >= 11 is 0. The summed E-state index contributed by atoms with van der Waals surface area (Å²) < 4.78 is 205. The predicted octanol–water partition coefficient (Wildman–Crippen LogP) is 11.8. The van der Waals surface area contributed by atoms with E-state index in [0.717, 1.165) is 0 Å². The summed E-state index contributed by atoms with van der Waals surface area (Å²) in [7, 11) is 0. The van der Waals surface area contributed by atoms with Crippen molar-refractivity contribution in [2.24, 2.45) is 0 Å². The molecule has 0 amide bonds. The van der Waals surface area contributed by atoms with E-state index in [2.05, 4.69) is 15.0 Å². The second-order valence-electron chi connectivity index (χ2n) is 10.3. The van der Waals surface area contributed by atoms with Gasteiger partial charge in [0.05, 0.1) is 31.5 Å². The third kappa shape index (κ3) is 5.35. The molecule has 0 spiro atoms. The third-order valence-corrected chi connectivity index (χ3v) is 7.37. The Bertz CT molecular complexity index is 3790. The molecule has 0 saturated carbocycles. The van der Waals surface area contributed by atoms with Crippen LogP contribution in [0.15, 0.2) is 180 Å². The second-order valence-corrected chi connectivity index (χ2v) is 10.3. The third-order valence-electron chi connectivity index (χ3n) is 7.37. The highest BCUT2D eigenvalue weighted by atomic mass is 16.3. The van der Waals surface area contributed by atoms with Crippen molar-refractivity contribution in [1.29, 1.82) is 0 Å². The van der Waals surface area contributed by atoms with Crippen LogP contribution in [-0.2, 0) is 0 Å². The average Bonchev–Trinajstić information content (AvgIpc) is 3.76. The fraction of sp³-hybridized carbons (Fsp3) is 0. The largest absolute Gasteiger partial charge is 0.455 e. The number of para-hydroxylation sites is 1. The van der Waals surface area contributed by atoms with Crippen molar-refractivity contribution in [2.75, 3.05) is 0 Å². The maximum atomic E-state index is 9.20. The van der Waals surface area contributed by atoms with E-state index in [-0.39, 0.29) is 39.1 Å². The first-order chi connectivity index (χ1) is 33.8. The van der Waals surface area contributed by atoms with Gasteiger partial charge in [-0.3, -0.25) is 0 Å². The van der Waals surface area contributed by atoms with Crippen LogP contribution in [0.2, 0.25) is 0 Å². The Morgan fingerprint density at radius 2 is 0.816 bits per heavy atom. The lowest BCUT2D eigenvalue weighted by Crippen LogP contribution is -2.00. The van der Waals surface area contributed by atoms with E-state index in [1.54, 1.807) is 24.3 Å². The Morgan fingerprint density at radius 3 is 1.41 bits per heavy atom. The number of nitrogens with zero attached hydrogens (tertiary/aromatic N) is 3. The van der Waals surface area contributed by atoms with Crippen LogP contribution in [0, 0.1) is 0 Å². The van der Waals surface area contributed by atoms with Crippen LogP contribution in [0.4, 0.5) is 0 Å². The summed E-state index contributed by atoms with van der Waals surface area (Å²) in [5, 5.41) is 0.476. The highest BCUT2D eigenvalue weighted by molar-refractivity contribution is 6.15. The van der Waals surface area contributed by atoms with E-state index < -0.39 is 184 Å². The van der Waals surface area contributed by atoms with Crippen LogP contribution < -0.4 is 0 Å². The first-order valence-corrected chi connectivity index (χ1v) is 14.5.